The average Bonchev–Trinajstić information content (AvgIpc) is 3.03. The van der Waals surface area contributed by atoms with Crippen molar-refractivity contribution in [2.75, 3.05) is 5.73 Å². The highest BCUT2D eigenvalue weighted by atomic mass is 79.9. The molecule has 1 aromatic carbocycles. The van der Waals surface area contributed by atoms with Crippen LogP contribution in [-0.4, -0.2) is 14.0 Å². The van der Waals surface area contributed by atoms with E-state index in [0.717, 1.165) is 12.8 Å². The molecule has 0 aromatic heterocycles. The molecular weight excluding hydrogens is 316 g/mol. The summed E-state index contributed by atoms with van der Waals surface area (Å²) in [5, 5.41) is 0. The number of rotatable bonds is 4. The molecule has 3 N–H and O–H groups in total. The number of nitrogen functional groups attached to an aromatic ring is 1. The van der Waals surface area contributed by atoms with Gasteiger partial charge in [-0.25, -0.2) is 13.1 Å². The molecule has 18 heavy (non-hydrogen) atoms. The Hall–Kier alpha value is -0.590. The number of hydrogen-bond donors (Lipinski definition) is 2. The van der Waals surface area contributed by atoms with E-state index in [-0.39, 0.29) is 4.90 Å². The van der Waals surface area contributed by atoms with Crippen LogP contribution in [0.1, 0.15) is 26.7 Å². The van der Waals surface area contributed by atoms with Crippen molar-refractivity contribution in [2.24, 2.45) is 5.92 Å². The third-order valence-corrected chi connectivity index (χ3v) is 5.91. The van der Waals surface area contributed by atoms with E-state index in [1.54, 1.807) is 12.1 Å². The van der Waals surface area contributed by atoms with Crippen LogP contribution in [0.15, 0.2) is 27.6 Å². The summed E-state index contributed by atoms with van der Waals surface area (Å²) in [5.41, 5.74) is 5.67. The van der Waals surface area contributed by atoms with Crippen LogP contribution in [0.3, 0.4) is 0 Å². The second-order valence-electron chi connectivity index (χ2n) is 5.29. The maximum absolute atomic E-state index is 12.4. The van der Waals surface area contributed by atoms with Gasteiger partial charge in [0.1, 0.15) is 0 Å². The van der Waals surface area contributed by atoms with E-state index in [1.165, 1.54) is 6.07 Å². The Balaban J connectivity index is 2.33. The van der Waals surface area contributed by atoms with Crippen LogP contribution < -0.4 is 10.5 Å². The van der Waals surface area contributed by atoms with Crippen molar-refractivity contribution in [1.82, 2.24) is 4.72 Å². The van der Waals surface area contributed by atoms with E-state index < -0.39 is 15.6 Å². The standard InChI is InChI=1S/C12H17BrN2O2S/c1-12(2,8-3-4-8)15-18(16,17)11-7-9(14)5-6-10(11)13/h5-8,15H,3-4,14H2,1-2H3. The van der Waals surface area contributed by atoms with Crippen LogP contribution in [0.4, 0.5) is 5.69 Å². The fraction of sp³-hybridized carbons (Fsp3) is 0.500. The molecule has 0 amide bonds. The zero-order chi connectivity index (χ0) is 13.6. The number of sulfonamides is 1. The topological polar surface area (TPSA) is 72.2 Å². The van der Waals surface area contributed by atoms with Crippen molar-refractivity contribution < 1.29 is 8.42 Å². The Morgan fingerprint density at radius 3 is 2.56 bits per heavy atom. The lowest BCUT2D eigenvalue weighted by atomic mass is 10.0. The van der Waals surface area contributed by atoms with E-state index in [4.69, 9.17) is 5.73 Å². The molecule has 0 heterocycles. The van der Waals surface area contributed by atoms with Crippen LogP contribution in [0.5, 0.6) is 0 Å². The predicted molar refractivity (Wildman–Crippen MR) is 75.7 cm³/mol. The molecule has 2 rings (SSSR count). The number of nitrogens with two attached hydrogens (primary N) is 1. The minimum atomic E-state index is -3.55. The molecule has 0 radical (unpaired) electrons. The average molecular weight is 333 g/mol. The molecular formula is C12H17BrN2O2S. The number of halogens is 1. The van der Waals surface area contributed by atoms with E-state index in [9.17, 15) is 8.42 Å². The molecule has 1 aliphatic rings. The molecule has 0 aliphatic heterocycles. The molecule has 1 aliphatic carbocycles. The summed E-state index contributed by atoms with van der Waals surface area (Å²) in [6.07, 6.45) is 2.15. The van der Waals surface area contributed by atoms with Gasteiger partial charge in [-0.3, -0.25) is 0 Å². The van der Waals surface area contributed by atoms with Gasteiger partial charge in [0.05, 0.1) is 4.90 Å². The molecule has 0 unspecified atom stereocenters. The van der Waals surface area contributed by atoms with Gasteiger partial charge in [0.25, 0.3) is 0 Å². The Labute approximate surface area is 116 Å². The van der Waals surface area contributed by atoms with Crippen LogP contribution >= 0.6 is 15.9 Å². The molecule has 0 saturated heterocycles. The van der Waals surface area contributed by atoms with Gasteiger partial charge in [-0.15, -0.1) is 0 Å². The van der Waals surface area contributed by atoms with E-state index in [0.29, 0.717) is 16.1 Å². The highest BCUT2D eigenvalue weighted by Crippen LogP contribution is 2.40. The Kier molecular flexibility index (Phi) is 3.46. The summed E-state index contributed by atoms with van der Waals surface area (Å²) < 4.78 is 28.0. The van der Waals surface area contributed by atoms with Crippen molar-refractivity contribution in [2.45, 2.75) is 37.1 Å². The van der Waals surface area contributed by atoms with Gasteiger partial charge in [0.2, 0.25) is 10.0 Å². The second kappa shape index (κ2) is 4.51. The van der Waals surface area contributed by atoms with Gasteiger partial charge in [0, 0.05) is 15.7 Å². The van der Waals surface area contributed by atoms with Gasteiger partial charge >= 0.3 is 0 Å². The van der Waals surface area contributed by atoms with E-state index >= 15 is 0 Å². The maximum Gasteiger partial charge on any atom is 0.242 e. The molecule has 1 aromatic rings. The van der Waals surface area contributed by atoms with Crippen LogP contribution in [0.2, 0.25) is 0 Å². The lowest BCUT2D eigenvalue weighted by Gasteiger charge is -2.26. The van der Waals surface area contributed by atoms with Gasteiger partial charge < -0.3 is 5.73 Å². The monoisotopic (exact) mass is 332 g/mol. The summed E-state index contributed by atoms with van der Waals surface area (Å²) >= 11 is 3.25. The van der Waals surface area contributed by atoms with Gasteiger partial charge in [0.15, 0.2) is 0 Å². The van der Waals surface area contributed by atoms with Crippen LogP contribution in [-0.2, 0) is 10.0 Å². The first-order valence-electron chi connectivity index (χ1n) is 5.81. The minimum Gasteiger partial charge on any atom is -0.399 e. The number of anilines is 1. The van der Waals surface area contributed by atoms with Crippen LogP contribution in [0, 0.1) is 5.92 Å². The summed E-state index contributed by atoms with van der Waals surface area (Å²) in [6.45, 7) is 3.84. The number of hydrogen-bond acceptors (Lipinski definition) is 3. The minimum absolute atomic E-state index is 0.191. The quantitative estimate of drug-likeness (QED) is 0.832. The first-order valence-corrected chi connectivity index (χ1v) is 8.09. The van der Waals surface area contributed by atoms with Gasteiger partial charge in [-0.1, -0.05) is 0 Å². The molecule has 1 saturated carbocycles. The Morgan fingerprint density at radius 2 is 2.00 bits per heavy atom. The van der Waals surface area contributed by atoms with E-state index in [2.05, 4.69) is 20.7 Å². The highest BCUT2D eigenvalue weighted by molar-refractivity contribution is 9.10. The maximum atomic E-state index is 12.4. The Bertz CT molecular complexity index is 565. The molecule has 0 atom stereocenters. The highest BCUT2D eigenvalue weighted by Gasteiger charge is 2.40. The largest absolute Gasteiger partial charge is 0.399 e. The van der Waals surface area contributed by atoms with Crippen molar-refractivity contribution in [3.8, 4) is 0 Å². The SMILES string of the molecule is CC(C)(NS(=O)(=O)c1cc(N)ccc1Br)C1CC1. The molecule has 0 bridgehead atoms. The van der Waals surface area contributed by atoms with Gasteiger partial charge in [-0.05, 0) is 66.7 Å². The molecule has 6 heteroatoms. The van der Waals surface area contributed by atoms with E-state index in [1.807, 2.05) is 13.8 Å². The number of benzene rings is 1. The van der Waals surface area contributed by atoms with Crippen molar-refractivity contribution >= 4 is 31.6 Å². The van der Waals surface area contributed by atoms with Gasteiger partial charge in [-0.2, -0.15) is 0 Å². The summed E-state index contributed by atoms with van der Waals surface area (Å²) in [7, 11) is -3.55. The lowest BCUT2D eigenvalue weighted by Crippen LogP contribution is -2.45. The first-order chi connectivity index (χ1) is 8.22. The number of nitrogens with one attached hydrogen (secondary N) is 1. The first kappa shape index (κ1) is 13.8. The Morgan fingerprint density at radius 1 is 1.39 bits per heavy atom. The predicted octanol–water partition coefficient (Wildman–Crippen LogP) is 2.50. The smallest absolute Gasteiger partial charge is 0.242 e. The zero-order valence-corrected chi connectivity index (χ0v) is 12.8. The van der Waals surface area contributed by atoms with Crippen molar-refractivity contribution in [1.29, 1.82) is 0 Å². The van der Waals surface area contributed by atoms with Crippen molar-refractivity contribution in [3.05, 3.63) is 22.7 Å². The summed E-state index contributed by atoms with van der Waals surface area (Å²) in [4.78, 5) is 0.191. The molecule has 0 spiro atoms. The van der Waals surface area contributed by atoms with Crippen molar-refractivity contribution in [3.63, 3.8) is 0 Å². The second-order valence-corrected chi connectivity index (χ2v) is 7.80. The molecule has 1 fully saturated rings. The van der Waals surface area contributed by atoms with Crippen LogP contribution in [0.25, 0.3) is 0 Å². The summed E-state index contributed by atoms with van der Waals surface area (Å²) in [5.74, 6) is 0.423. The third kappa shape index (κ3) is 2.87. The molecule has 4 nitrogen and oxygen atoms in total. The fourth-order valence-electron chi connectivity index (χ4n) is 2.02. The third-order valence-electron chi connectivity index (χ3n) is 3.24. The normalized spacial score (nSPS) is 16.8. The fourth-order valence-corrected chi connectivity index (χ4v) is 4.49. The lowest BCUT2D eigenvalue weighted by molar-refractivity contribution is 0.400. The molecule has 100 valence electrons. The summed E-state index contributed by atoms with van der Waals surface area (Å²) in [6, 6.07) is 4.78. The zero-order valence-electron chi connectivity index (χ0n) is 10.4.